The van der Waals surface area contributed by atoms with Crippen LogP contribution in [0, 0.1) is 17.8 Å². The van der Waals surface area contributed by atoms with Crippen LogP contribution in [0.5, 0.6) is 0 Å². The third-order valence-electron chi connectivity index (χ3n) is 4.14. The molecular weight excluding hydrogens is 192 g/mol. The molecule has 2 saturated carbocycles. The lowest BCUT2D eigenvalue weighted by molar-refractivity contribution is -0.154. The molecule has 0 radical (unpaired) electrons. The van der Waals surface area contributed by atoms with E-state index >= 15 is 0 Å². The maximum atomic E-state index is 11.5. The summed E-state index contributed by atoms with van der Waals surface area (Å²) in [7, 11) is 1.40. The normalized spacial score (nSPS) is 40.7. The van der Waals surface area contributed by atoms with Crippen molar-refractivity contribution < 1.29 is 14.6 Å². The van der Waals surface area contributed by atoms with Gasteiger partial charge in [0.05, 0.1) is 19.1 Å². The van der Waals surface area contributed by atoms with Gasteiger partial charge >= 0.3 is 5.97 Å². The van der Waals surface area contributed by atoms with Crippen LogP contribution in [-0.2, 0) is 9.53 Å². The molecule has 0 amide bonds. The molecule has 2 fully saturated rings. The van der Waals surface area contributed by atoms with Crippen LogP contribution in [0.25, 0.3) is 0 Å². The van der Waals surface area contributed by atoms with Gasteiger partial charge in [0.25, 0.3) is 0 Å². The molecule has 0 aromatic heterocycles. The van der Waals surface area contributed by atoms with E-state index in [9.17, 15) is 9.90 Å². The first-order valence-electron chi connectivity index (χ1n) is 5.98. The van der Waals surface area contributed by atoms with Gasteiger partial charge in [-0.15, -0.1) is 0 Å². The zero-order valence-corrected chi connectivity index (χ0v) is 9.32. The third-order valence-corrected chi connectivity index (χ3v) is 4.14. The highest BCUT2D eigenvalue weighted by atomic mass is 16.5. The highest BCUT2D eigenvalue weighted by Crippen LogP contribution is 2.43. The van der Waals surface area contributed by atoms with Crippen LogP contribution < -0.4 is 0 Å². The number of aliphatic hydroxyl groups excluding tert-OH is 1. The van der Waals surface area contributed by atoms with Crippen LogP contribution >= 0.6 is 0 Å². The summed E-state index contributed by atoms with van der Waals surface area (Å²) in [5.74, 6) is 0.793. The van der Waals surface area contributed by atoms with Crippen molar-refractivity contribution in [1.29, 1.82) is 0 Å². The fourth-order valence-electron chi connectivity index (χ4n) is 3.27. The second-order valence-corrected chi connectivity index (χ2v) is 4.97. The van der Waals surface area contributed by atoms with Gasteiger partial charge in [0.2, 0.25) is 0 Å². The molecule has 1 N–H and O–H groups in total. The standard InChI is InChI=1S/C12H20O3/c1-15-12(14)10-6-8-4-2-3-5-9(8)7-11(10)13/h8-11,13H,2-7H2,1H3. The van der Waals surface area contributed by atoms with Crippen molar-refractivity contribution in [2.45, 2.75) is 44.6 Å². The Balaban J connectivity index is 2.01. The molecule has 3 heteroatoms. The van der Waals surface area contributed by atoms with E-state index in [4.69, 9.17) is 4.74 Å². The summed E-state index contributed by atoms with van der Waals surface area (Å²) < 4.78 is 4.74. The molecule has 2 aliphatic carbocycles. The van der Waals surface area contributed by atoms with Gasteiger partial charge in [0.15, 0.2) is 0 Å². The Labute approximate surface area is 90.8 Å². The number of fused-ring (bicyclic) bond motifs is 1. The highest BCUT2D eigenvalue weighted by molar-refractivity contribution is 5.73. The van der Waals surface area contributed by atoms with Gasteiger partial charge in [0, 0.05) is 0 Å². The number of carbonyl (C=O) groups excluding carboxylic acids is 1. The minimum absolute atomic E-state index is 0.230. The Kier molecular flexibility index (Phi) is 3.29. The lowest BCUT2D eigenvalue weighted by atomic mass is 9.66. The summed E-state index contributed by atoms with van der Waals surface area (Å²) in [5.41, 5.74) is 0. The number of hydrogen-bond donors (Lipinski definition) is 1. The van der Waals surface area contributed by atoms with Crippen molar-refractivity contribution in [2.75, 3.05) is 7.11 Å². The minimum Gasteiger partial charge on any atom is -0.469 e. The van der Waals surface area contributed by atoms with Gasteiger partial charge in [-0.3, -0.25) is 4.79 Å². The van der Waals surface area contributed by atoms with Gasteiger partial charge < -0.3 is 9.84 Å². The molecule has 2 rings (SSSR count). The second kappa shape index (κ2) is 4.52. The van der Waals surface area contributed by atoms with Gasteiger partial charge in [0.1, 0.15) is 0 Å². The third kappa shape index (κ3) is 2.17. The molecule has 0 bridgehead atoms. The van der Waals surface area contributed by atoms with Crippen LogP contribution in [0.4, 0.5) is 0 Å². The van der Waals surface area contributed by atoms with Crippen molar-refractivity contribution in [2.24, 2.45) is 17.8 Å². The van der Waals surface area contributed by atoms with Gasteiger partial charge in [-0.25, -0.2) is 0 Å². The number of carbonyl (C=O) groups is 1. The highest BCUT2D eigenvalue weighted by Gasteiger charge is 2.40. The molecule has 0 saturated heterocycles. The Morgan fingerprint density at radius 2 is 1.80 bits per heavy atom. The molecule has 0 aromatic carbocycles. The maximum Gasteiger partial charge on any atom is 0.311 e. The van der Waals surface area contributed by atoms with Gasteiger partial charge in [-0.1, -0.05) is 25.7 Å². The zero-order chi connectivity index (χ0) is 10.8. The number of methoxy groups -OCH3 is 1. The molecule has 4 atom stereocenters. The Hall–Kier alpha value is -0.570. The smallest absolute Gasteiger partial charge is 0.311 e. The molecule has 0 aromatic rings. The average Bonchev–Trinajstić information content (AvgIpc) is 2.27. The minimum atomic E-state index is -0.475. The lowest BCUT2D eigenvalue weighted by Gasteiger charge is -2.40. The first-order valence-corrected chi connectivity index (χ1v) is 5.98. The second-order valence-electron chi connectivity index (χ2n) is 4.97. The summed E-state index contributed by atoms with van der Waals surface area (Å²) in [4.78, 5) is 11.5. The number of ether oxygens (including phenoxy) is 1. The number of esters is 1. The van der Waals surface area contributed by atoms with E-state index in [2.05, 4.69) is 0 Å². The number of rotatable bonds is 1. The van der Waals surface area contributed by atoms with E-state index in [1.165, 1.54) is 32.8 Å². The lowest BCUT2D eigenvalue weighted by Crippen LogP contribution is -2.41. The SMILES string of the molecule is COC(=O)C1CC2CCCCC2CC1O. The van der Waals surface area contributed by atoms with Crippen LogP contribution in [0.3, 0.4) is 0 Å². The van der Waals surface area contributed by atoms with Crippen molar-refractivity contribution in [3.05, 3.63) is 0 Å². The Morgan fingerprint density at radius 1 is 1.20 bits per heavy atom. The Morgan fingerprint density at radius 3 is 2.40 bits per heavy atom. The molecule has 86 valence electrons. The molecule has 0 spiro atoms. The summed E-state index contributed by atoms with van der Waals surface area (Å²) in [6, 6.07) is 0. The van der Waals surface area contributed by atoms with E-state index in [1.807, 2.05) is 0 Å². The monoisotopic (exact) mass is 212 g/mol. The van der Waals surface area contributed by atoms with Gasteiger partial charge in [-0.2, -0.15) is 0 Å². The summed E-state index contributed by atoms with van der Waals surface area (Å²) >= 11 is 0. The fraction of sp³-hybridized carbons (Fsp3) is 0.917. The number of hydrogen-bond acceptors (Lipinski definition) is 3. The van der Waals surface area contributed by atoms with Crippen LogP contribution in [-0.4, -0.2) is 24.3 Å². The molecule has 0 heterocycles. The summed E-state index contributed by atoms with van der Waals surface area (Å²) in [6.45, 7) is 0. The predicted octanol–water partition coefficient (Wildman–Crippen LogP) is 1.74. The molecule has 3 nitrogen and oxygen atoms in total. The fourth-order valence-corrected chi connectivity index (χ4v) is 3.27. The molecule has 4 unspecified atom stereocenters. The van der Waals surface area contributed by atoms with E-state index < -0.39 is 6.10 Å². The predicted molar refractivity (Wildman–Crippen MR) is 56.2 cm³/mol. The van der Waals surface area contributed by atoms with Crippen LogP contribution in [0.1, 0.15) is 38.5 Å². The van der Waals surface area contributed by atoms with Crippen LogP contribution in [0.2, 0.25) is 0 Å². The Bertz CT molecular complexity index is 239. The molecule has 0 aliphatic heterocycles. The quantitative estimate of drug-likeness (QED) is 0.673. The zero-order valence-electron chi connectivity index (χ0n) is 9.32. The van der Waals surface area contributed by atoms with Crippen molar-refractivity contribution in [3.8, 4) is 0 Å². The molecular formula is C12H20O3. The largest absolute Gasteiger partial charge is 0.469 e. The number of aliphatic hydroxyl groups is 1. The van der Waals surface area contributed by atoms with Crippen molar-refractivity contribution in [1.82, 2.24) is 0 Å². The van der Waals surface area contributed by atoms with E-state index in [-0.39, 0.29) is 11.9 Å². The maximum absolute atomic E-state index is 11.5. The van der Waals surface area contributed by atoms with Crippen molar-refractivity contribution in [3.63, 3.8) is 0 Å². The van der Waals surface area contributed by atoms with E-state index in [0.717, 1.165) is 12.8 Å². The molecule has 2 aliphatic rings. The van der Waals surface area contributed by atoms with Crippen molar-refractivity contribution >= 4 is 5.97 Å². The van der Waals surface area contributed by atoms with Crippen LogP contribution in [0.15, 0.2) is 0 Å². The van der Waals surface area contributed by atoms with Gasteiger partial charge in [-0.05, 0) is 24.7 Å². The molecule has 15 heavy (non-hydrogen) atoms. The first-order chi connectivity index (χ1) is 7.22. The average molecular weight is 212 g/mol. The summed E-state index contributed by atoms with van der Waals surface area (Å²) in [5, 5.41) is 9.91. The first kappa shape index (κ1) is 10.9. The van der Waals surface area contributed by atoms with E-state index in [0.29, 0.717) is 11.8 Å². The summed E-state index contributed by atoms with van der Waals surface area (Å²) in [6.07, 6.45) is 6.18. The topological polar surface area (TPSA) is 46.5 Å². The van der Waals surface area contributed by atoms with E-state index in [1.54, 1.807) is 0 Å².